The van der Waals surface area contributed by atoms with Crippen molar-refractivity contribution in [2.45, 2.75) is 31.7 Å². The number of hydrogen-bond acceptors (Lipinski definition) is 3. The molecule has 26 heavy (non-hydrogen) atoms. The average Bonchev–Trinajstić information content (AvgIpc) is 3.21. The van der Waals surface area contributed by atoms with Crippen molar-refractivity contribution in [1.82, 2.24) is 9.80 Å². The Labute approximate surface area is 156 Å². The first kappa shape index (κ1) is 18.5. The number of hydrogen-bond donors (Lipinski definition) is 1. The van der Waals surface area contributed by atoms with Crippen LogP contribution in [0.25, 0.3) is 11.1 Å². The summed E-state index contributed by atoms with van der Waals surface area (Å²) in [5.74, 6) is 0.312. The molecule has 0 atom stereocenters. The summed E-state index contributed by atoms with van der Waals surface area (Å²) in [6.45, 7) is 1.66. The third kappa shape index (κ3) is 4.44. The van der Waals surface area contributed by atoms with Crippen LogP contribution in [0.1, 0.15) is 36.0 Å². The molecule has 4 heteroatoms. The first-order chi connectivity index (χ1) is 12.5. The van der Waals surface area contributed by atoms with Crippen molar-refractivity contribution in [2.24, 2.45) is 0 Å². The van der Waals surface area contributed by atoms with Gasteiger partial charge in [-0.2, -0.15) is 0 Å². The van der Waals surface area contributed by atoms with Gasteiger partial charge in [0.25, 0.3) is 5.91 Å². The smallest absolute Gasteiger partial charge is 0.253 e. The fourth-order valence-corrected chi connectivity index (χ4v) is 3.62. The molecule has 1 N–H and O–H groups in total. The molecule has 1 saturated carbocycles. The summed E-state index contributed by atoms with van der Waals surface area (Å²) in [6, 6.07) is 15.4. The molecule has 0 saturated heterocycles. The number of carbonyl (C=O) groups excluding carboxylic acids is 1. The Bertz CT molecular complexity index is 719. The van der Waals surface area contributed by atoms with Gasteiger partial charge >= 0.3 is 0 Å². The zero-order valence-corrected chi connectivity index (χ0v) is 15.7. The van der Waals surface area contributed by atoms with E-state index in [-0.39, 0.29) is 11.7 Å². The highest BCUT2D eigenvalue weighted by Crippen LogP contribution is 2.23. The van der Waals surface area contributed by atoms with Crippen LogP contribution in [0, 0.1) is 0 Å². The fourth-order valence-electron chi connectivity index (χ4n) is 3.62. The normalized spacial score (nSPS) is 14.7. The molecule has 0 spiro atoms. The van der Waals surface area contributed by atoms with Crippen molar-refractivity contribution in [1.29, 1.82) is 0 Å². The third-order valence-electron chi connectivity index (χ3n) is 5.42. The van der Waals surface area contributed by atoms with Crippen molar-refractivity contribution < 1.29 is 9.90 Å². The van der Waals surface area contributed by atoms with Crippen LogP contribution < -0.4 is 0 Å². The molecule has 1 fully saturated rings. The van der Waals surface area contributed by atoms with Gasteiger partial charge in [-0.25, -0.2) is 0 Å². The maximum Gasteiger partial charge on any atom is 0.253 e. The molecule has 2 aromatic carbocycles. The summed E-state index contributed by atoms with van der Waals surface area (Å²) < 4.78 is 0. The maximum absolute atomic E-state index is 12.6. The van der Waals surface area contributed by atoms with E-state index in [9.17, 15) is 9.90 Å². The predicted octanol–water partition coefficient (Wildman–Crippen LogP) is 4.01. The van der Waals surface area contributed by atoms with E-state index >= 15 is 0 Å². The lowest BCUT2D eigenvalue weighted by atomic mass is 10.0. The molecule has 1 aliphatic rings. The Morgan fingerprint density at radius 3 is 2.04 bits per heavy atom. The van der Waals surface area contributed by atoms with Crippen molar-refractivity contribution in [3.8, 4) is 16.9 Å². The Hall–Kier alpha value is -2.33. The number of benzene rings is 2. The molecular weight excluding hydrogens is 324 g/mol. The van der Waals surface area contributed by atoms with Crippen LogP contribution in [0.5, 0.6) is 5.75 Å². The van der Waals surface area contributed by atoms with Gasteiger partial charge in [-0.05, 0) is 55.3 Å². The second-order valence-electron chi connectivity index (χ2n) is 7.27. The fraction of sp³-hybridized carbons (Fsp3) is 0.409. The number of phenols is 1. The van der Waals surface area contributed by atoms with E-state index in [4.69, 9.17) is 0 Å². The molecule has 0 aromatic heterocycles. The molecule has 1 amide bonds. The second-order valence-corrected chi connectivity index (χ2v) is 7.27. The van der Waals surface area contributed by atoms with Gasteiger partial charge in [0, 0.05) is 31.7 Å². The number of carbonyl (C=O) groups is 1. The van der Waals surface area contributed by atoms with Gasteiger partial charge in [0.15, 0.2) is 0 Å². The molecule has 0 heterocycles. The largest absolute Gasteiger partial charge is 0.508 e. The lowest BCUT2D eigenvalue weighted by molar-refractivity contribution is 0.0774. The summed E-state index contributed by atoms with van der Waals surface area (Å²) in [7, 11) is 4.04. The topological polar surface area (TPSA) is 43.8 Å². The molecule has 1 aliphatic carbocycles. The van der Waals surface area contributed by atoms with Gasteiger partial charge in [0.1, 0.15) is 5.75 Å². The van der Waals surface area contributed by atoms with Gasteiger partial charge in [0.2, 0.25) is 0 Å². The highest BCUT2D eigenvalue weighted by atomic mass is 16.3. The quantitative estimate of drug-likeness (QED) is 0.854. The van der Waals surface area contributed by atoms with E-state index in [0.717, 1.165) is 24.2 Å². The lowest BCUT2D eigenvalue weighted by Gasteiger charge is -2.26. The SMILES string of the molecule is CN(CCN(C)C1CCCC1)C(=O)c1ccc(-c2ccc(O)cc2)cc1. The minimum Gasteiger partial charge on any atom is -0.508 e. The predicted molar refractivity (Wildman–Crippen MR) is 105 cm³/mol. The molecule has 3 rings (SSSR count). The molecule has 0 bridgehead atoms. The third-order valence-corrected chi connectivity index (χ3v) is 5.42. The molecule has 4 nitrogen and oxygen atoms in total. The number of amides is 1. The van der Waals surface area contributed by atoms with Crippen molar-refractivity contribution in [3.63, 3.8) is 0 Å². The summed E-state index contributed by atoms with van der Waals surface area (Å²) in [4.78, 5) is 16.8. The van der Waals surface area contributed by atoms with Crippen LogP contribution in [0.3, 0.4) is 0 Å². The molecule has 0 radical (unpaired) electrons. The Balaban J connectivity index is 1.57. The molecule has 0 aliphatic heterocycles. The van der Waals surface area contributed by atoms with E-state index in [1.54, 1.807) is 17.0 Å². The number of nitrogens with zero attached hydrogens (tertiary/aromatic N) is 2. The zero-order valence-electron chi connectivity index (χ0n) is 15.7. The lowest BCUT2D eigenvalue weighted by Crippen LogP contribution is -2.38. The van der Waals surface area contributed by atoms with Crippen LogP contribution in [-0.4, -0.2) is 54.0 Å². The second kappa shape index (κ2) is 8.37. The van der Waals surface area contributed by atoms with E-state index in [1.165, 1.54) is 25.7 Å². The number of aromatic hydroxyl groups is 1. The monoisotopic (exact) mass is 352 g/mol. The van der Waals surface area contributed by atoms with Crippen LogP contribution in [0.4, 0.5) is 0 Å². The maximum atomic E-state index is 12.6. The number of likely N-dealkylation sites (N-methyl/N-ethyl adjacent to an activating group) is 2. The molecular formula is C22H28N2O2. The average molecular weight is 352 g/mol. The summed E-state index contributed by atoms with van der Waals surface area (Å²) >= 11 is 0. The zero-order chi connectivity index (χ0) is 18.5. The molecule has 2 aromatic rings. The summed E-state index contributed by atoms with van der Waals surface area (Å²) in [6.07, 6.45) is 5.23. The van der Waals surface area contributed by atoms with E-state index in [2.05, 4.69) is 11.9 Å². The van der Waals surface area contributed by atoms with Crippen molar-refractivity contribution in [3.05, 3.63) is 54.1 Å². The first-order valence-corrected chi connectivity index (χ1v) is 9.40. The highest BCUT2D eigenvalue weighted by Gasteiger charge is 2.20. The number of rotatable bonds is 6. The van der Waals surface area contributed by atoms with Crippen LogP contribution in [-0.2, 0) is 0 Å². The Morgan fingerprint density at radius 1 is 0.923 bits per heavy atom. The van der Waals surface area contributed by atoms with Gasteiger partial charge in [-0.1, -0.05) is 37.1 Å². The molecule has 0 unspecified atom stereocenters. The minimum absolute atomic E-state index is 0.0575. The van der Waals surface area contributed by atoms with Gasteiger partial charge in [-0.3, -0.25) is 4.79 Å². The van der Waals surface area contributed by atoms with Gasteiger partial charge in [0.05, 0.1) is 0 Å². The molecule has 138 valence electrons. The van der Waals surface area contributed by atoms with E-state index in [1.807, 2.05) is 43.4 Å². The summed E-state index contributed by atoms with van der Waals surface area (Å²) in [5, 5.41) is 9.39. The van der Waals surface area contributed by atoms with Crippen LogP contribution >= 0.6 is 0 Å². The van der Waals surface area contributed by atoms with E-state index in [0.29, 0.717) is 11.6 Å². The minimum atomic E-state index is 0.0575. The Kier molecular flexibility index (Phi) is 5.94. The number of phenolic OH excluding ortho intramolecular Hbond substituents is 1. The summed E-state index contributed by atoms with van der Waals surface area (Å²) in [5.41, 5.74) is 2.76. The Morgan fingerprint density at radius 2 is 1.46 bits per heavy atom. The highest BCUT2D eigenvalue weighted by molar-refractivity contribution is 5.94. The van der Waals surface area contributed by atoms with Crippen LogP contribution in [0.15, 0.2) is 48.5 Å². The van der Waals surface area contributed by atoms with E-state index < -0.39 is 0 Å². The van der Waals surface area contributed by atoms with Gasteiger partial charge < -0.3 is 14.9 Å². The standard InChI is InChI=1S/C22H28N2O2/c1-23(20-5-3-4-6-20)15-16-24(2)22(26)19-9-7-17(8-10-19)18-11-13-21(25)14-12-18/h7-14,20,25H,3-6,15-16H2,1-2H3. The van der Waals surface area contributed by atoms with Gasteiger partial charge in [-0.15, -0.1) is 0 Å². The van der Waals surface area contributed by atoms with Crippen molar-refractivity contribution >= 4 is 5.91 Å². The van der Waals surface area contributed by atoms with Crippen molar-refractivity contribution in [2.75, 3.05) is 27.2 Å². The first-order valence-electron chi connectivity index (χ1n) is 9.40. The van der Waals surface area contributed by atoms with Crippen LogP contribution in [0.2, 0.25) is 0 Å².